The first-order valence-electron chi connectivity index (χ1n) is 4.82. The van der Waals surface area contributed by atoms with E-state index in [1.807, 2.05) is 13.8 Å². The third-order valence-corrected chi connectivity index (χ3v) is 2.07. The smallest absolute Gasteiger partial charge is 0.306 e. The van der Waals surface area contributed by atoms with E-state index in [4.69, 9.17) is 10.2 Å². The van der Waals surface area contributed by atoms with Gasteiger partial charge < -0.3 is 10.2 Å². The van der Waals surface area contributed by atoms with Crippen LogP contribution in [-0.4, -0.2) is 22.2 Å². The van der Waals surface area contributed by atoms with Crippen LogP contribution < -0.4 is 0 Å². The van der Waals surface area contributed by atoms with Crippen molar-refractivity contribution in [2.75, 3.05) is 0 Å². The summed E-state index contributed by atoms with van der Waals surface area (Å²) in [6.07, 6.45) is 1.44. The first-order valence-corrected chi connectivity index (χ1v) is 4.82. The van der Waals surface area contributed by atoms with Gasteiger partial charge in [-0.3, -0.25) is 9.59 Å². The van der Waals surface area contributed by atoms with Crippen LogP contribution in [0.15, 0.2) is 0 Å². The summed E-state index contributed by atoms with van der Waals surface area (Å²) >= 11 is 0. The van der Waals surface area contributed by atoms with Crippen molar-refractivity contribution in [2.24, 2.45) is 11.8 Å². The molecule has 0 fully saturated rings. The standard InChI is InChI=1S/2C5H10O2/c2*1-3-4(2)5(6)7/h2*4H,3H2,1-2H3,(H,6,7)/t2*4-/m00/s1. The van der Waals surface area contributed by atoms with Gasteiger partial charge in [0.2, 0.25) is 0 Å². The van der Waals surface area contributed by atoms with Crippen LogP contribution in [0.1, 0.15) is 40.5 Å². The van der Waals surface area contributed by atoms with Crippen LogP contribution in [0.3, 0.4) is 0 Å². The maximum Gasteiger partial charge on any atom is 0.306 e. The fourth-order valence-electron chi connectivity index (χ4n) is 0.349. The molecule has 0 aromatic rings. The molecular weight excluding hydrogens is 184 g/mol. The molecule has 0 bridgehead atoms. The summed E-state index contributed by atoms with van der Waals surface area (Å²) in [6, 6.07) is 0. The Morgan fingerprint density at radius 2 is 1.14 bits per heavy atom. The van der Waals surface area contributed by atoms with Gasteiger partial charge in [-0.25, -0.2) is 0 Å². The minimum absolute atomic E-state index is 0.181. The van der Waals surface area contributed by atoms with E-state index in [0.29, 0.717) is 0 Å². The molecule has 2 N–H and O–H groups in total. The average molecular weight is 204 g/mol. The zero-order valence-corrected chi connectivity index (χ0v) is 9.28. The van der Waals surface area contributed by atoms with Gasteiger partial charge >= 0.3 is 11.9 Å². The highest BCUT2D eigenvalue weighted by Crippen LogP contribution is 1.98. The molecule has 0 amide bonds. The highest BCUT2D eigenvalue weighted by Gasteiger charge is 2.05. The molecule has 0 saturated carbocycles. The lowest BCUT2D eigenvalue weighted by Gasteiger charge is -1.96. The summed E-state index contributed by atoms with van der Waals surface area (Å²) in [7, 11) is 0. The molecule has 14 heavy (non-hydrogen) atoms. The predicted octanol–water partition coefficient (Wildman–Crippen LogP) is 2.23. The Balaban J connectivity index is 0. The Morgan fingerprint density at radius 3 is 1.14 bits per heavy atom. The number of carboxylic acids is 2. The molecule has 0 aliphatic rings. The van der Waals surface area contributed by atoms with E-state index in [0.717, 1.165) is 12.8 Å². The molecule has 2 atom stereocenters. The molecule has 4 nitrogen and oxygen atoms in total. The first kappa shape index (κ1) is 15.4. The van der Waals surface area contributed by atoms with E-state index in [1.165, 1.54) is 0 Å². The monoisotopic (exact) mass is 204 g/mol. The van der Waals surface area contributed by atoms with Crippen molar-refractivity contribution in [3.05, 3.63) is 0 Å². The van der Waals surface area contributed by atoms with Crippen molar-refractivity contribution < 1.29 is 19.8 Å². The van der Waals surface area contributed by atoms with E-state index in [-0.39, 0.29) is 11.8 Å². The second kappa shape index (κ2) is 8.53. The van der Waals surface area contributed by atoms with Crippen molar-refractivity contribution in [3.8, 4) is 0 Å². The number of rotatable bonds is 4. The van der Waals surface area contributed by atoms with Gasteiger partial charge in [-0.1, -0.05) is 27.7 Å². The Hall–Kier alpha value is -1.06. The molecule has 0 rings (SSSR count). The van der Waals surface area contributed by atoms with E-state index in [1.54, 1.807) is 13.8 Å². The average Bonchev–Trinajstić information content (AvgIpc) is 2.15. The van der Waals surface area contributed by atoms with E-state index in [9.17, 15) is 9.59 Å². The van der Waals surface area contributed by atoms with Gasteiger partial charge in [-0.05, 0) is 12.8 Å². The molecular formula is C10H20O4. The molecule has 0 aliphatic heterocycles. The summed E-state index contributed by atoms with van der Waals surface area (Å²) < 4.78 is 0. The second-order valence-corrected chi connectivity index (χ2v) is 3.30. The Labute approximate surface area is 84.9 Å². The highest BCUT2D eigenvalue weighted by atomic mass is 16.4. The normalized spacial score (nSPS) is 13.4. The summed E-state index contributed by atoms with van der Waals surface area (Å²) in [5, 5.41) is 16.4. The molecule has 0 radical (unpaired) electrons. The lowest BCUT2D eigenvalue weighted by atomic mass is 10.1. The summed E-state index contributed by atoms with van der Waals surface area (Å²) in [5.41, 5.74) is 0. The first-order chi connectivity index (χ1) is 6.36. The van der Waals surface area contributed by atoms with Crippen LogP contribution in [0.25, 0.3) is 0 Å². The lowest BCUT2D eigenvalue weighted by Crippen LogP contribution is -2.06. The van der Waals surface area contributed by atoms with Crippen molar-refractivity contribution in [3.63, 3.8) is 0 Å². The highest BCUT2D eigenvalue weighted by molar-refractivity contribution is 5.69. The topological polar surface area (TPSA) is 74.6 Å². The molecule has 0 spiro atoms. The molecule has 0 aromatic carbocycles. The zero-order chi connectivity index (χ0) is 11.7. The molecule has 0 aliphatic carbocycles. The SMILES string of the molecule is CC[C@H](C)C(=O)O.CC[C@H](C)C(=O)O. The van der Waals surface area contributed by atoms with Gasteiger partial charge in [-0.15, -0.1) is 0 Å². The Morgan fingerprint density at radius 1 is 0.929 bits per heavy atom. The van der Waals surface area contributed by atoms with Crippen molar-refractivity contribution in [2.45, 2.75) is 40.5 Å². The molecule has 0 saturated heterocycles. The van der Waals surface area contributed by atoms with Gasteiger partial charge in [0.05, 0.1) is 11.8 Å². The van der Waals surface area contributed by atoms with Crippen LogP contribution in [0, 0.1) is 11.8 Å². The molecule has 4 heteroatoms. The summed E-state index contributed by atoms with van der Waals surface area (Å²) in [4.78, 5) is 19.9. The fraction of sp³-hybridized carbons (Fsp3) is 0.800. The molecule has 0 unspecified atom stereocenters. The van der Waals surface area contributed by atoms with E-state index < -0.39 is 11.9 Å². The third-order valence-electron chi connectivity index (χ3n) is 2.07. The zero-order valence-electron chi connectivity index (χ0n) is 9.28. The van der Waals surface area contributed by atoms with Crippen molar-refractivity contribution in [1.82, 2.24) is 0 Å². The minimum atomic E-state index is -0.706. The minimum Gasteiger partial charge on any atom is -0.481 e. The number of carboxylic acid groups (broad SMARTS) is 2. The fourth-order valence-corrected chi connectivity index (χ4v) is 0.349. The van der Waals surface area contributed by atoms with Crippen LogP contribution in [0.2, 0.25) is 0 Å². The molecule has 0 aromatic heterocycles. The third kappa shape index (κ3) is 9.03. The van der Waals surface area contributed by atoms with E-state index >= 15 is 0 Å². The Bertz CT molecular complexity index is 157. The van der Waals surface area contributed by atoms with Crippen molar-refractivity contribution in [1.29, 1.82) is 0 Å². The van der Waals surface area contributed by atoms with Gasteiger partial charge in [0.1, 0.15) is 0 Å². The maximum absolute atomic E-state index is 9.93. The van der Waals surface area contributed by atoms with Crippen LogP contribution >= 0.6 is 0 Å². The molecule has 84 valence electrons. The maximum atomic E-state index is 9.93. The summed E-state index contributed by atoms with van der Waals surface area (Å²) in [6.45, 7) is 7.11. The summed E-state index contributed by atoms with van der Waals surface area (Å²) in [5.74, 6) is -1.77. The molecule has 0 heterocycles. The van der Waals surface area contributed by atoms with E-state index in [2.05, 4.69) is 0 Å². The number of hydrogen-bond donors (Lipinski definition) is 2. The van der Waals surface area contributed by atoms with Crippen LogP contribution in [0.5, 0.6) is 0 Å². The van der Waals surface area contributed by atoms with Crippen LogP contribution in [-0.2, 0) is 9.59 Å². The second-order valence-electron chi connectivity index (χ2n) is 3.30. The van der Waals surface area contributed by atoms with Crippen LogP contribution in [0.4, 0.5) is 0 Å². The number of hydrogen-bond acceptors (Lipinski definition) is 2. The quantitative estimate of drug-likeness (QED) is 0.736. The number of carbonyl (C=O) groups is 2. The van der Waals surface area contributed by atoms with Crippen molar-refractivity contribution >= 4 is 11.9 Å². The lowest BCUT2D eigenvalue weighted by molar-refractivity contribution is -0.142. The van der Waals surface area contributed by atoms with Gasteiger partial charge in [-0.2, -0.15) is 0 Å². The van der Waals surface area contributed by atoms with Gasteiger partial charge in [0.25, 0.3) is 0 Å². The Kier molecular flexibility index (Phi) is 9.40. The van der Waals surface area contributed by atoms with Gasteiger partial charge in [0.15, 0.2) is 0 Å². The largest absolute Gasteiger partial charge is 0.481 e. The van der Waals surface area contributed by atoms with Gasteiger partial charge in [0, 0.05) is 0 Å². The number of aliphatic carboxylic acids is 2. The predicted molar refractivity (Wildman–Crippen MR) is 54.2 cm³/mol.